The number of rotatable bonds is 7. The maximum absolute atomic E-state index is 5.66. The van der Waals surface area contributed by atoms with Gasteiger partial charge in [-0.3, -0.25) is 0 Å². The number of nitrogens with zero attached hydrogens (tertiary/aromatic N) is 3. The van der Waals surface area contributed by atoms with Gasteiger partial charge in [0, 0.05) is 6.54 Å². The molecule has 0 spiro atoms. The van der Waals surface area contributed by atoms with Crippen molar-refractivity contribution in [2.45, 2.75) is 40.2 Å². The first-order chi connectivity index (χ1) is 8.56. The summed E-state index contributed by atoms with van der Waals surface area (Å²) in [4.78, 5) is 12.4. The van der Waals surface area contributed by atoms with Gasteiger partial charge in [-0.25, -0.2) is 0 Å². The van der Waals surface area contributed by atoms with Crippen LogP contribution in [-0.4, -0.2) is 34.7 Å². The topological polar surface area (TPSA) is 69.2 Å². The van der Waals surface area contributed by atoms with E-state index in [4.69, 9.17) is 9.47 Å². The first kappa shape index (κ1) is 14.5. The molecule has 1 heterocycles. The first-order valence-corrected chi connectivity index (χ1v) is 6.27. The summed E-state index contributed by atoms with van der Waals surface area (Å²) in [5, 5.41) is 3.09. The minimum absolute atomic E-state index is 0.0381. The highest BCUT2D eigenvalue weighted by Gasteiger charge is 2.13. The van der Waals surface area contributed by atoms with Crippen molar-refractivity contribution in [2.24, 2.45) is 5.92 Å². The Labute approximate surface area is 108 Å². The molecule has 18 heavy (non-hydrogen) atoms. The summed E-state index contributed by atoms with van der Waals surface area (Å²) >= 11 is 0. The predicted molar refractivity (Wildman–Crippen MR) is 70.1 cm³/mol. The molecular weight excluding hydrogens is 232 g/mol. The van der Waals surface area contributed by atoms with E-state index in [0.29, 0.717) is 17.9 Å². The van der Waals surface area contributed by atoms with Gasteiger partial charge in [-0.05, 0) is 19.3 Å². The maximum atomic E-state index is 5.66. The third-order valence-electron chi connectivity index (χ3n) is 2.54. The molecule has 1 rings (SSSR count). The molecule has 0 saturated carbocycles. The lowest BCUT2D eigenvalue weighted by molar-refractivity contribution is 0.153. The fraction of sp³-hybridized carbons (Fsp3) is 0.750. The summed E-state index contributed by atoms with van der Waals surface area (Å²) in [5.41, 5.74) is 0. The van der Waals surface area contributed by atoms with Crippen molar-refractivity contribution < 1.29 is 9.47 Å². The van der Waals surface area contributed by atoms with Crippen LogP contribution >= 0.6 is 0 Å². The molecule has 1 atom stereocenters. The zero-order valence-corrected chi connectivity index (χ0v) is 11.7. The quantitative estimate of drug-likeness (QED) is 0.803. The summed E-state index contributed by atoms with van der Waals surface area (Å²) < 4.78 is 10.7. The average Bonchev–Trinajstić information content (AvgIpc) is 2.35. The van der Waals surface area contributed by atoms with Gasteiger partial charge in [0.15, 0.2) is 0 Å². The molecule has 1 aromatic rings. The third kappa shape index (κ3) is 4.35. The Kier molecular flexibility index (Phi) is 5.61. The summed E-state index contributed by atoms with van der Waals surface area (Å²) in [6.07, 6.45) is 1.03. The number of hydrogen-bond donors (Lipinski definition) is 1. The SMILES string of the molecule is CCCNc1nc(OC)nc(OC(C)C(C)C)n1. The largest absolute Gasteiger partial charge is 0.467 e. The minimum atomic E-state index is 0.0381. The zero-order chi connectivity index (χ0) is 13.5. The van der Waals surface area contributed by atoms with Gasteiger partial charge in [-0.15, -0.1) is 4.98 Å². The van der Waals surface area contributed by atoms with Gasteiger partial charge in [0.25, 0.3) is 0 Å². The van der Waals surface area contributed by atoms with Crippen LogP contribution in [0.25, 0.3) is 0 Å². The van der Waals surface area contributed by atoms with E-state index in [1.54, 1.807) is 0 Å². The van der Waals surface area contributed by atoms with Crippen LogP contribution in [0.5, 0.6) is 12.0 Å². The molecule has 6 nitrogen and oxygen atoms in total. The molecule has 0 bridgehead atoms. The predicted octanol–water partition coefficient (Wildman–Crippen LogP) is 2.13. The van der Waals surface area contributed by atoms with Gasteiger partial charge in [0.05, 0.1) is 7.11 Å². The molecule has 1 N–H and O–H groups in total. The lowest BCUT2D eigenvalue weighted by Gasteiger charge is -2.16. The van der Waals surface area contributed by atoms with E-state index in [2.05, 4.69) is 41.0 Å². The number of anilines is 1. The molecule has 0 saturated heterocycles. The Hall–Kier alpha value is -1.59. The van der Waals surface area contributed by atoms with Crippen LogP contribution < -0.4 is 14.8 Å². The Morgan fingerprint density at radius 3 is 2.33 bits per heavy atom. The molecule has 0 radical (unpaired) electrons. The molecular formula is C12H22N4O2. The van der Waals surface area contributed by atoms with E-state index in [1.165, 1.54) is 7.11 Å². The third-order valence-corrected chi connectivity index (χ3v) is 2.54. The highest BCUT2D eigenvalue weighted by atomic mass is 16.5. The van der Waals surface area contributed by atoms with E-state index in [0.717, 1.165) is 13.0 Å². The van der Waals surface area contributed by atoms with Gasteiger partial charge >= 0.3 is 12.0 Å². The van der Waals surface area contributed by atoms with Crippen LogP contribution in [0.1, 0.15) is 34.1 Å². The number of nitrogens with one attached hydrogen (secondary N) is 1. The van der Waals surface area contributed by atoms with Crippen LogP contribution in [-0.2, 0) is 0 Å². The number of ether oxygens (including phenoxy) is 2. The molecule has 0 fully saturated rings. The van der Waals surface area contributed by atoms with E-state index in [-0.39, 0.29) is 12.1 Å². The second kappa shape index (κ2) is 6.98. The van der Waals surface area contributed by atoms with E-state index in [9.17, 15) is 0 Å². The van der Waals surface area contributed by atoms with Gasteiger partial charge in [-0.2, -0.15) is 9.97 Å². The molecule has 6 heteroatoms. The van der Waals surface area contributed by atoms with Gasteiger partial charge in [0.1, 0.15) is 6.10 Å². The summed E-state index contributed by atoms with van der Waals surface area (Å²) in [7, 11) is 1.52. The van der Waals surface area contributed by atoms with E-state index < -0.39 is 0 Å². The maximum Gasteiger partial charge on any atom is 0.324 e. The summed E-state index contributed by atoms with van der Waals surface area (Å²) in [6.45, 7) is 9.02. The van der Waals surface area contributed by atoms with Crippen LogP contribution in [0, 0.1) is 5.92 Å². The van der Waals surface area contributed by atoms with Crippen LogP contribution in [0.15, 0.2) is 0 Å². The lowest BCUT2D eigenvalue weighted by Crippen LogP contribution is -2.20. The van der Waals surface area contributed by atoms with Crippen LogP contribution in [0.2, 0.25) is 0 Å². The Morgan fingerprint density at radius 2 is 1.78 bits per heavy atom. The fourth-order valence-electron chi connectivity index (χ4n) is 1.10. The standard InChI is InChI=1S/C12H22N4O2/c1-6-7-13-10-14-11(17-5)16-12(15-10)18-9(4)8(2)3/h8-9H,6-7H2,1-5H3,(H,13,14,15,16). The van der Waals surface area contributed by atoms with Crippen molar-refractivity contribution in [3.05, 3.63) is 0 Å². The number of methoxy groups -OCH3 is 1. The zero-order valence-electron chi connectivity index (χ0n) is 11.7. The minimum Gasteiger partial charge on any atom is -0.467 e. The van der Waals surface area contributed by atoms with Crippen molar-refractivity contribution in [3.8, 4) is 12.0 Å². The second-order valence-corrected chi connectivity index (χ2v) is 4.42. The second-order valence-electron chi connectivity index (χ2n) is 4.42. The molecule has 0 amide bonds. The first-order valence-electron chi connectivity index (χ1n) is 6.27. The molecule has 0 aromatic carbocycles. The summed E-state index contributed by atoms with van der Waals surface area (Å²) in [6, 6.07) is 0.552. The van der Waals surface area contributed by atoms with Crippen LogP contribution in [0.3, 0.4) is 0 Å². The number of aromatic nitrogens is 3. The van der Waals surface area contributed by atoms with Crippen molar-refractivity contribution in [2.75, 3.05) is 19.0 Å². The molecule has 102 valence electrons. The molecule has 0 aliphatic heterocycles. The van der Waals surface area contributed by atoms with Crippen molar-refractivity contribution >= 4 is 5.95 Å². The van der Waals surface area contributed by atoms with E-state index >= 15 is 0 Å². The smallest absolute Gasteiger partial charge is 0.324 e. The monoisotopic (exact) mass is 254 g/mol. The Morgan fingerprint density at radius 1 is 1.11 bits per heavy atom. The van der Waals surface area contributed by atoms with Gasteiger partial charge < -0.3 is 14.8 Å². The molecule has 1 aromatic heterocycles. The van der Waals surface area contributed by atoms with Crippen molar-refractivity contribution in [3.63, 3.8) is 0 Å². The number of hydrogen-bond acceptors (Lipinski definition) is 6. The van der Waals surface area contributed by atoms with Crippen molar-refractivity contribution in [1.29, 1.82) is 0 Å². The Bertz CT molecular complexity index is 371. The lowest BCUT2D eigenvalue weighted by atomic mass is 10.1. The normalized spacial score (nSPS) is 12.3. The molecule has 0 aliphatic carbocycles. The fourth-order valence-corrected chi connectivity index (χ4v) is 1.10. The average molecular weight is 254 g/mol. The molecule has 1 unspecified atom stereocenters. The summed E-state index contributed by atoms with van der Waals surface area (Å²) in [5.74, 6) is 0.870. The van der Waals surface area contributed by atoms with Gasteiger partial charge in [-0.1, -0.05) is 20.8 Å². The van der Waals surface area contributed by atoms with Gasteiger partial charge in [0.2, 0.25) is 5.95 Å². The Balaban J connectivity index is 2.82. The highest BCUT2D eigenvalue weighted by Crippen LogP contribution is 2.16. The van der Waals surface area contributed by atoms with Crippen LogP contribution in [0.4, 0.5) is 5.95 Å². The highest BCUT2D eigenvalue weighted by molar-refractivity contribution is 5.27. The van der Waals surface area contributed by atoms with E-state index in [1.807, 2.05) is 6.92 Å². The van der Waals surface area contributed by atoms with Crippen molar-refractivity contribution in [1.82, 2.24) is 15.0 Å². The molecule has 0 aliphatic rings.